The summed E-state index contributed by atoms with van der Waals surface area (Å²) in [4.78, 5) is 0. The van der Waals surface area contributed by atoms with E-state index in [2.05, 4.69) is 27.0 Å². The van der Waals surface area contributed by atoms with Gasteiger partial charge in [0.05, 0.1) is 11.2 Å². The van der Waals surface area contributed by atoms with Crippen LogP contribution in [0.15, 0.2) is 29.5 Å². The van der Waals surface area contributed by atoms with Crippen LogP contribution in [0.5, 0.6) is 0 Å². The van der Waals surface area contributed by atoms with Crippen LogP contribution < -0.4 is 10.7 Å². The summed E-state index contributed by atoms with van der Waals surface area (Å²) in [5.74, 6) is 0. The molecule has 0 unspecified atom stereocenters. The van der Waals surface area contributed by atoms with Crippen LogP contribution in [0.3, 0.4) is 0 Å². The van der Waals surface area contributed by atoms with E-state index in [4.69, 9.17) is 23.8 Å². The number of rotatable bonds is 3. The molecule has 0 radical (unpaired) electrons. The Balaban J connectivity index is 1.94. The van der Waals surface area contributed by atoms with E-state index in [-0.39, 0.29) is 0 Å². The van der Waals surface area contributed by atoms with E-state index in [0.29, 0.717) is 15.8 Å². The normalized spacial score (nSPS) is 10.9. The molecule has 0 atom stereocenters. The highest BCUT2D eigenvalue weighted by molar-refractivity contribution is 7.80. The van der Waals surface area contributed by atoms with Gasteiger partial charge in [0, 0.05) is 18.9 Å². The van der Waals surface area contributed by atoms with Crippen molar-refractivity contribution in [1.82, 2.24) is 15.2 Å². The summed E-state index contributed by atoms with van der Waals surface area (Å²) >= 11 is 11.2. The van der Waals surface area contributed by atoms with Gasteiger partial charge in [0.1, 0.15) is 5.69 Å². The van der Waals surface area contributed by atoms with Crippen LogP contribution in [0.2, 0.25) is 5.02 Å². The molecule has 0 spiro atoms. The zero-order valence-corrected chi connectivity index (χ0v) is 13.6. The van der Waals surface area contributed by atoms with Gasteiger partial charge in [0.2, 0.25) is 0 Å². The molecule has 1 aromatic heterocycles. The minimum absolute atomic E-state index is 0.408. The largest absolute Gasteiger partial charge is 0.331 e. The topological polar surface area (TPSA) is 54.2 Å². The molecular weight excluding hydrogens is 306 g/mol. The van der Waals surface area contributed by atoms with Crippen LogP contribution >= 0.6 is 23.8 Å². The molecule has 0 fully saturated rings. The van der Waals surface area contributed by atoms with E-state index in [0.717, 1.165) is 11.3 Å². The van der Waals surface area contributed by atoms with Gasteiger partial charge in [-0.3, -0.25) is 10.1 Å². The maximum Gasteiger partial charge on any atom is 0.191 e. The van der Waals surface area contributed by atoms with Gasteiger partial charge in [0.25, 0.3) is 0 Å². The predicted octanol–water partition coefficient (Wildman–Crippen LogP) is 3.01. The van der Waals surface area contributed by atoms with Gasteiger partial charge >= 0.3 is 0 Å². The van der Waals surface area contributed by atoms with Crippen LogP contribution in [0.25, 0.3) is 0 Å². The Morgan fingerprint density at radius 1 is 1.43 bits per heavy atom. The van der Waals surface area contributed by atoms with Crippen molar-refractivity contribution in [2.75, 3.05) is 5.32 Å². The van der Waals surface area contributed by atoms with Crippen LogP contribution in [-0.2, 0) is 7.05 Å². The van der Waals surface area contributed by atoms with Gasteiger partial charge in [-0.25, -0.2) is 0 Å². The third-order valence-corrected chi connectivity index (χ3v) is 3.28. The zero-order chi connectivity index (χ0) is 15.4. The summed E-state index contributed by atoms with van der Waals surface area (Å²) in [6, 6.07) is 6.09. The van der Waals surface area contributed by atoms with Gasteiger partial charge in [-0.2, -0.15) is 10.2 Å². The first-order valence-electron chi connectivity index (χ1n) is 6.32. The molecule has 2 N–H and O–H groups in total. The predicted molar refractivity (Wildman–Crippen MR) is 91.1 cm³/mol. The van der Waals surface area contributed by atoms with Crippen molar-refractivity contribution in [2.45, 2.75) is 13.8 Å². The summed E-state index contributed by atoms with van der Waals surface area (Å²) in [7, 11) is 1.79. The highest BCUT2D eigenvalue weighted by Gasteiger charge is 2.03. The zero-order valence-electron chi connectivity index (χ0n) is 12.0. The SMILES string of the molecule is Cc1ccc(NC(=S)NN=Cc2nn(C)cc2Cl)c(C)c1. The third kappa shape index (κ3) is 4.27. The molecule has 110 valence electrons. The molecule has 5 nitrogen and oxygen atoms in total. The van der Waals surface area contributed by atoms with E-state index in [1.807, 2.05) is 26.0 Å². The van der Waals surface area contributed by atoms with Crippen LogP contribution in [-0.4, -0.2) is 21.1 Å². The van der Waals surface area contributed by atoms with Crippen molar-refractivity contribution < 1.29 is 0 Å². The molecule has 21 heavy (non-hydrogen) atoms. The highest BCUT2D eigenvalue weighted by atomic mass is 35.5. The van der Waals surface area contributed by atoms with Crippen molar-refractivity contribution in [3.63, 3.8) is 0 Å². The molecule has 7 heteroatoms. The lowest BCUT2D eigenvalue weighted by molar-refractivity contribution is 0.765. The van der Waals surface area contributed by atoms with Crippen LogP contribution in [0.4, 0.5) is 5.69 Å². The Bertz CT molecular complexity index is 693. The number of hydrogen-bond donors (Lipinski definition) is 2. The summed E-state index contributed by atoms with van der Waals surface area (Å²) in [6.07, 6.45) is 3.23. The molecule has 1 aromatic carbocycles. The molecule has 0 amide bonds. The number of aromatic nitrogens is 2. The number of aryl methyl sites for hydroxylation is 3. The van der Waals surface area contributed by atoms with Crippen molar-refractivity contribution in [3.8, 4) is 0 Å². The number of halogens is 1. The Morgan fingerprint density at radius 2 is 2.19 bits per heavy atom. The van der Waals surface area contributed by atoms with E-state index < -0.39 is 0 Å². The maximum atomic E-state index is 5.97. The number of nitrogens with zero attached hydrogens (tertiary/aromatic N) is 3. The molecular formula is C14H16ClN5S. The summed E-state index contributed by atoms with van der Waals surface area (Å²) < 4.78 is 1.62. The Labute approximate surface area is 134 Å². The second-order valence-corrected chi connectivity index (χ2v) is 5.49. The van der Waals surface area contributed by atoms with Gasteiger partial charge in [-0.1, -0.05) is 29.3 Å². The van der Waals surface area contributed by atoms with Gasteiger partial charge < -0.3 is 5.32 Å². The number of nitrogens with one attached hydrogen (secondary N) is 2. The van der Waals surface area contributed by atoms with E-state index in [1.54, 1.807) is 17.9 Å². The number of hydrogen-bond acceptors (Lipinski definition) is 3. The van der Waals surface area contributed by atoms with Crippen molar-refractivity contribution in [3.05, 3.63) is 46.2 Å². The maximum absolute atomic E-state index is 5.97. The Kier molecular flexibility index (Phi) is 4.93. The fraction of sp³-hybridized carbons (Fsp3) is 0.214. The first-order chi connectivity index (χ1) is 9.95. The number of anilines is 1. The Hall–Kier alpha value is -1.92. The molecule has 0 aliphatic heterocycles. The van der Waals surface area contributed by atoms with E-state index >= 15 is 0 Å². The number of benzene rings is 1. The number of thiocarbonyl (C=S) groups is 1. The molecule has 0 saturated carbocycles. The molecule has 0 saturated heterocycles. The Morgan fingerprint density at radius 3 is 2.81 bits per heavy atom. The lowest BCUT2D eigenvalue weighted by Gasteiger charge is -2.10. The van der Waals surface area contributed by atoms with Crippen LogP contribution in [0, 0.1) is 13.8 Å². The third-order valence-electron chi connectivity index (χ3n) is 2.79. The van der Waals surface area contributed by atoms with Crippen molar-refractivity contribution >= 4 is 40.8 Å². The lowest BCUT2D eigenvalue weighted by atomic mass is 10.1. The summed E-state index contributed by atoms with van der Waals surface area (Å²) in [6.45, 7) is 4.07. The standard InChI is InChI=1S/C14H16ClN5S/c1-9-4-5-12(10(2)6-9)17-14(21)18-16-7-13-11(15)8-20(3)19-13/h4-8H,1-3H3,(H2,17,18,21). The average molecular weight is 322 g/mol. The average Bonchev–Trinajstić information content (AvgIpc) is 2.71. The van der Waals surface area contributed by atoms with Gasteiger partial charge in [-0.05, 0) is 37.7 Å². The molecule has 1 heterocycles. The highest BCUT2D eigenvalue weighted by Crippen LogP contribution is 2.15. The molecule has 2 aromatic rings. The first kappa shape index (κ1) is 15.5. The smallest absolute Gasteiger partial charge is 0.191 e. The fourth-order valence-electron chi connectivity index (χ4n) is 1.82. The van der Waals surface area contributed by atoms with Gasteiger partial charge in [-0.15, -0.1) is 0 Å². The second kappa shape index (κ2) is 6.69. The van der Waals surface area contributed by atoms with E-state index in [1.165, 1.54) is 11.8 Å². The minimum atomic E-state index is 0.408. The van der Waals surface area contributed by atoms with Crippen molar-refractivity contribution in [2.24, 2.45) is 12.1 Å². The first-order valence-corrected chi connectivity index (χ1v) is 7.11. The number of hydrazone groups is 1. The quantitative estimate of drug-likeness (QED) is 0.518. The van der Waals surface area contributed by atoms with Gasteiger partial charge in [0.15, 0.2) is 5.11 Å². The molecule has 0 aliphatic rings. The minimum Gasteiger partial charge on any atom is -0.331 e. The molecule has 0 bridgehead atoms. The van der Waals surface area contributed by atoms with Crippen LogP contribution in [0.1, 0.15) is 16.8 Å². The summed E-state index contributed by atoms with van der Waals surface area (Å²) in [5.41, 5.74) is 6.60. The molecule has 0 aliphatic carbocycles. The monoisotopic (exact) mass is 321 g/mol. The lowest BCUT2D eigenvalue weighted by Crippen LogP contribution is -2.24. The second-order valence-electron chi connectivity index (χ2n) is 4.68. The summed E-state index contributed by atoms with van der Waals surface area (Å²) in [5, 5.41) is 12.2. The van der Waals surface area contributed by atoms with Crippen molar-refractivity contribution in [1.29, 1.82) is 0 Å². The molecule has 2 rings (SSSR count). The van der Waals surface area contributed by atoms with E-state index in [9.17, 15) is 0 Å². The fourth-order valence-corrected chi connectivity index (χ4v) is 2.21.